The number of nitrogens with one attached hydrogen (secondary N) is 1. The second kappa shape index (κ2) is 4.97. The summed E-state index contributed by atoms with van der Waals surface area (Å²) >= 11 is 0. The van der Waals surface area contributed by atoms with Crippen LogP contribution in [0.3, 0.4) is 0 Å². The number of rotatable bonds is 5. The quantitative estimate of drug-likeness (QED) is 0.775. The van der Waals surface area contributed by atoms with E-state index >= 15 is 0 Å². The molecule has 2 N–H and O–H groups in total. The number of carboxylic acids is 1. The Hall–Kier alpha value is -0.570. The highest BCUT2D eigenvalue weighted by Gasteiger charge is 2.48. The van der Waals surface area contributed by atoms with Crippen molar-refractivity contribution < 1.29 is 9.90 Å². The number of hydrogen-bond donors (Lipinski definition) is 2. The van der Waals surface area contributed by atoms with Gasteiger partial charge >= 0.3 is 5.97 Å². The third-order valence-electron chi connectivity index (χ3n) is 4.72. The van der Waals surface area contributed by atoms with Gasteiger partial charge in [-0.3, -0.25) is 10.1 Å². The van der Waals surface area contributed by atoms with E-state index in [9.17, 15) is 9.90 Å². The van der Waals surface area contributed by atoms with E-state index in [-0.39, 0.29) is 0 Å². The van der Waals surface area contributed by atoms with Crippen LogP contribution in [-0.2, 0) is 4.79 Å². The monoisotopic (exact) mass is 239 g/mol. The van der Waals surface area contributed by atoms with Crippen LogP contribution in [0.2, 0.25) is 0 Å². The van der Waals surface area contributed by atoms with Gasteiger partial charge in [-0.05, 0) is 51.4 Å². The number of carboxylic acid groups (broad SMARTS) is 1. The van der Waals surface area contributed by atoms with E-state index < -0.39 is 11.5 Å². The van der Waals surface area contributed by atoms with Crippen molar-refractivity contribution in [3.8, 4) is 0 Å². The van der Waals surface area contributed by atoms with E-state index in [2.05, 4.69) is 12.2 Å². The number of aliphatic carboxylic acids is 1. The molecular weight excluding hydrogens is 214 g/mol. The molecule has 17 heavy (non-hydrogen) atoms. The Balaban J connectivity index is 1.95. The summed E-state index contributed by atoms with van der Waals surface area (Å²) in [5.74, 6) is 0.329. The number of hydrogen-bond acceptors (Lipinski definition) is 2. The highest BCUT2D eigenvalue weighted by molar-refractivity contribution is 5.79. The first-order valence-electron chi connectivity index (χ1n) is 7.05. The summed E-state index contributed by atoms with van der Waals surface area (Å²) < 4.78 is 0. The molecule has 2 aliphatic carbocycles. The van der Waals surface area contributed by atoms with Crippen LogP contribution in [0.25, 0.3) is 0 Å². The normalized spacial score (nSPS) is 27.4. The van der Waals surface area contributed by atoms with Crippen molar-refractivity contribution in [1.29, 1.82) is 0 Å². The van der Waals surface area contributed by atoms with Crippen molar-refractivity contribution >= 4 is 5.97 Å². The minimum absolute atomic E-state index is 0.331. The van der Waals surface area contributed by atoms with Gasteiger partial charge in [0.1, 0.15) is 5.54 Å². The smallest absolute Gasteiger partial charge is 0.323 e. The molecule has 3 heteroatoms. The first kappa shape index (κ1) is 12.9. The van der Waals surface area contributed by atoms with Crippen molar-refractivity contribution in [2.75, 3.05) is 0 Å². The Bertz CT molecular complexity index is 282. The summed E-state index contributed by atoms with van der Waals surface area (Å²) in [5.41, 5.74) is -0.698. The van der Waals surface area contributed by atoms with Gasteiger partial charge in [0.2, 0.25) is 0 Å². The molecule has 0 aromatic carbocycles. The van der Waals surface area contributed by atoms with Gasteiger partial charge in [-0.15, -0.1) is 0 Å². The predicted octanol–water partition coefficient (Wildman–Crippen LogP) is 2.80. The molecule has 0 aromatic rings. The van der Waals surface area contributed by atoms with Gasteiger partial charge in [-0.2, -0.15) is 0 Å². The van der Waals surface area contributed by atoms with E-state index in [0.29, 0.717) is 17.9 Å². The summed E-state index contributed by atoms with van der Waals surface area (Å²) in [6.07, 6.45) is 8.61. The van der Waals surface area contributed by atoms with Crippen LogP contribution in [0.15, 0.2) is 0 Å². The van der Waals surface area contributed by atoms with Gasteiger partial charge in [0.25, 0.3) is 0 Å². The summed E-state index contributed by atoms with van der Waals surface area (Å²) in [5, 5.41) is 12.9. The van der Waals surface area contributed by atoms with Crippen LogP contribution < -0.4 is 5.32 Å². The van der Waals surface area contributed by atoms with Gasteiger partial charge in [0, 0.05) is 6.04 Å². The first-order chi connectivity index (χ1) is 8.04. The first-order valence-corrected chi connectivity index (χ1v) is 7.05. The van der Waals surface area contributed by atoms with Crippen LogP contribution in [-0.4, -0.2) is 22.7 Å². The summed E-state index contributed by atoms with van der Waals surface area (Å²) in [7, 11) is 0. The Morgan fingerprint density at radius 1 is 1.24 bits per heavy atom. The molecule has 0 bridgehead atoms. The number of carbonyl (C=O) groups is 1. The molecule has 2 aliphatic rings. The molecule has 0 amide bonds. The zero-order chi connectivity index (χ0) is 12.5. The summed E-state index contributed by atoms with van der Waals surface area (Å²) in [6, 6.07) is 0.331. The fraction of sp³-hybridized carbons (Fsp3) is 0.929. The van der Waals surface area contributed by atoms with Crippen LogP contribution in [0.4, 0.5) is 0 Å². The predicted molar refractivity (Wildman–Crippen MR) is 67.9 cm³/mol. The third kappa shape index (κ3) is 2.82. The largest absolute Gasteiger partial charge is 0.480 e. The van der Waals surface area contributed by atoms with Crippen LogP contribution in [0.5, 0.6) is 0 Å². The van der Waals surface area contributed by atoms with E-state index in [4.69, 9.17) is 0 Å². The van der Waals surface area contributed by atoms with E-state index in [1.54, 1.807) is 0 Å². The molecular formula is C14H25NO2. The molecule has 0 heterocycles. The van der Waals surface area contributed by atoms with E-state index in [1.807, 2.05) is 6.92 Å². The molecule has 98 valence electrons. The second-order valence-corrected chi connectivity index (χ2v) is 6.11. The van der Waals surface area contributed by atoms with E-state index in [1.165, 1.54) is 32.1 Å². The van der Waals surface area contributed by atoms with Gasteiger partial charge < -0.3 is 5.11 Å². The average molecular weight is 239 g/mol. The average Bonchev–Trinajstić information content (AvgIpc) is 3.13. The fourth-order valence-corrected chi connectivity index (χ4v) is 3.24. The van der Waals surface area contributed by atoms with Gasteiger partial charge in [-0.1, -0.05) is 19.3 Å². The SMILES string of the molecule is CC(NC(C)(C(=O)O)C1CC1)C1CCCCC1. The highest BCUT2D eigenvalue weighted by Crippen LogP contribution is 2.40. The summed E-state index contributed by atoms with van der Waals surface area (Å²) in [6.45, 7) is 4.03. The van der Waals surface area contributed by atoms with E-state index in [0.717, 1.165) is 12.8 Å². The lowest BCUT2D eigenvalue weighted by Crippen LogP contribution is -2.56. The van der Waals surface area contributed by atoms with Gasteiger partial charge in [0.15, 0.2) is 0 Å². The standard InChI is InChI=1S/C14H25NO2/c1-10(11-6-4-3-5-7-11)15-14(2,13(16)17)12-8-9-12/h10-12,15H,3-9H2,1-2H3,(H,16,17). The summed E-state index contributed by atoms with van der Waals surface area (Å²) in [4.78, 5) is 11.5. The van der Waals surface area contributed by atoms with Crippen molar-refractivity contribution in [2.24, 2.45) is 11.8 Å². The van der Waals surface area contributed by atoms with Crippen molar-refractivity contribution in [3.63, 3.8) is 0 Å². The Labute approximate surface area is 104 Å². The van der Waals surface area contributed by atoms with Gasteiger partial charge in [-0.25, -0.2) is 0 Å². The maximum atomic E-state index is 11.5. The highest BCUT2D eigenvalue weighted by atomic mass is 16.4. The minimum Gasteiger partial charge on any atom is -0.480 e. The fourth-order valence-electron chi connectivity index (χ4n) is 3.24. The van der Waals surface area contributed by atoms with Gasteiger partial charge in [0.05, 0.1) is 0 Å². The van der Waals surface area contributed by atoms with Crippen molar-refractivity contribution in [2.45, 2.75) is 70.4 Å². The molecule has 3 nitrogen and oxygen atoms in total. The van der Waals surface area contributed by atoms with Crippen molar-refractivity contribution in [3.05, 3.63) is 0 Å². The lowest BCUT2D eigenvalue weighted by molar-refractivity contribution is -0.145. The Morgan fingerprint density at radius 3 is 2.29 bits per heavy atom. The van der Waals surface area contributed by atoms with Crippen molar-refractivity contribution in [1.82, 2.24) is 5.32 Å². The minimum atomic E-state index is -0.698. The molecule has 0 aromatic heterocycles. The molecule has 0 saturated heterocycles. The zero-order valence-corrected chi connectivity index (χ0v) is 11.0. The third-order valence-corrected chi connectivity index (χ3v) is 4.72. The Morgan fingerprint density at radius 2 is 1.82 bits per heavy atom. The lowest BCUT2D eigenvalue weighted by atomic mass is 9.83. The zero-order valence-electron chi connectivity index (χ0n) is 11.0. The Kier molecular flexibility index (Phi) is 3.76. The molecule has 2 unspecified atom stereocenters. The molecule has 0 spiro atoms. The molecule has 2 saturated carbocycles. The van der Waals surface area contributed by atoms with Crippen LogP contribution >= 0.6 is 0 Å². The lowest BCUT2D eigenvalue weighted by Gasteiger charge is -2.35. The molecule has 0 radical (unpaired) electrons. The molecule has 2 rings (SSSR count). The molecule has 0 aliphatic heterocycles. The topological polar surface area (TPSA) is 49.3 Å². The second-order valence-electron chi connectivity index (χ2n) is 6.11. The van der Waals surface area contributed by atoms with Crippen LogP contribution in [0, 0.1) is 11.8 Å². The maximum Gasteiger partial charge on any atom is 0.323 e. The van der Waals surface area contributed by atoms with Crippen LogP contribution in [0.1, 0.15) is 58.8 Å². The molecule has 2 atom stereocenters. The molecule has 2 fully saturated rings. The maximum absolute atomic E-state index is 11.5.